The van der Waals surface area contributed by atoms with E-state index >= 15 is 0 Å². The summed E-state index contributed by atoms with van der Waals surface area (Å²) in [6.07, 6.45) is 1.31. The molecule has 0 unspecified atom stereocenters. The first-order valence-corrected chi connectivity index (χ1v) is 9.90. The molecule has 0 radical (unpaired) electrons. The molecule has 0 N–H and O–H groups in total. The van der Waals surface area contributed by atoms with Crippen LogP contribution in [-0.4, -0.2) is 46.9 Å². The summed E-state index contributed by atoms with van der Waals surface area (Å²) in [6.45, 7) is 6.23. The van der Waals surface area contributed by atoms with E-state index in [4.69, 9.17) is 0 Å². The standard InChI is InChI=1S/C20H20N4O3S/c1-13-11-18(21-12-16(13)24(26)27)22-7-9-23(10-8-22)20(25)19-14(2)15-5-3-4-6-17(15)28-19/h3-6,11-12H,7-10H2,1-2H3. The quantitative estimate of drug-likeness (QED) is 0.497. The Morgan fingerprint density at radius 3 is 2.54 bits per heavy atom. The molecule has 3 heterocycles. The number of hydrogen-bond acceptors (Lipinski definition) is 6. The van der Waals surface area contributed by atoms with E-state index in [9.17, 15) is 14.9 Å². The zero-order chi connectivity index (χ0) is 19.8. The normalized spacial score (nSPS) is 14.5. The Bertz CT molecular complexity index is 1070. The first-order chi connectivity index (χ1) is 13.5. The van der Waals surface area contributed by atoms with Crippen molar-refractivity contribution in [3.05, 3.63) is 62.6 Å². The molecule has 1 aromatic carbocycles. The second kappa shape index (κ2) is 7.20. The molecular formula is C20H20N4O3S. The number of fused-ring (bicyclic) bond motifs is 1. The highest BCUT2D eigenvalue weighted by Crippen LogP contribution is 2.32. The number of benzene rings is 1. The van der Waals surface area contributed by atoms with Gasteiger partial charge in [0.15, 0.2) is 0 Å². The predicted molar refractivity (Wildman–Crippen MR) is 110 cm³/mol. The molecule has 4 rings (SSSR count). The number of hydrogen-bond donors (Lipinski definition) is 0. The molecule has 0 bridgehead atoms. The Morgan fingerprint density at radius 1 is 1.18 bits per heavy atom. The fraction of sp³-hybridized carbons (Fsp3) is 0.300. The van der Waals surface area contributed by atoms with Crippen LogP contribution in [0, 0.1) is 24.0 Å². The second-order valence-corrected chi connectivity index (χ2v) is 7.97. The molecule has 0 atom stereocenters. The van der Waals surface area contributed by atoms with Crippen LogP contribution in [0.2, 0.25) is 0 Å². The Labute approximate surface area is 166 Å². The molecule has 28 heavy (non-hydrogen) atoms. The largest absolute Gasteiger partial charge is 0.353 e. The van der Waals surface area contributed by atoms with Crippen molar-refractivity contribution in [1.82, 2.24) is 9.88 Å². The average molecular weight is 396 g/mol. The van der Waals surface area contributed by atoms with Gasteiger partial charge in [0.05, 0.1) is 9.80 Å². The summed E-state index contributed by atoms with van der Waals surface area (Å²) in [5, 5.41) is 12.1. The molecule has 1 aliphatic heterocycles. The summed E-state index contributed by atoms with van der Waals surface area (Å²) in [5.74, 6) is 0.791. The number of nitro groups is 1. The number of anilines is 1. The molecule has 1 saturated heterocycles. The van der Waals surface area contributed by atoms with Gasteiger partial charge in [0, 0.05) is 36.4 Å². The van der Waals surface area contributed by atoms with Crippen LogP contribution in [0.1, 0.15) is 20.8 Å². The highest BCUT2D eigenvalue weighted by Gasteiger charge is 2.26. The van der Waals surface area contributed by atoms with Crippen molar-refractivity contribution in [3.63, 3.8) is 0 Å². The highest BCUT2D eigenvalue weighted by atomic mass is 32.1. The Kier molecular flexibility index (Phi) is 4.72. The number of pyridine rings is 1. The van der Waals surface area contributed by atoms with Crippen molar-refractivity contribution >= 4 is 38.8 Å². The number of aromatic nitrogens is 1. The van der Waals surface area contributed by atoms with Crippen LogP contribution in [0.15, 0.2) is 36.5 Å². The molecule has 0 aliphatic carbocycles. The van der Waals surface area contributed by atoms with Gasteiger partial charge in [0.2, 0.25) is 0 Å². The number of piperazine rings is 1. The van der Waals surface area contributed by atoms with Crippen molar-refractivity contribution in [2.45, 2.75) is 13.8 Å². The summed E-state index contributed by atoms with van der Waals surface area (Å²) in [4.78, 5) is 32.6. The van der Waals surface area contributed by atoms with Crippen LogP contribution in [-0.2, 0) is 0 Å². The first kappa shape index (κ1) is 18.4. The first-order valence-electron chi connectivity index (χ1n) is 9.09. The van der Waals surface area contributed by atoms with E-state index in [-0.39, 0.29) is 11.6 Å². The Balaban J connectivity index is 1.48. The minimum atomic E-state index is -0.421. The number of carbonyl (C=O) groups is 1. The van der Waals surface area contributed by atoms with E-state index in [0.717, 1.165) is 20.5 Å². The van der Waals surface area contributed by atoms with Gasteiger partial charge in [0.25, 0.3) is 11.6 Å². The monoisotopic (exact) mass is 396 g/mol. The summed E-state index contributed by atoms with van der Waals surface area (Å²) < 4.78 is 1.13. The molecule has 1 fully saturated rings. The van der Waals surface area contributed by atoms with Crippen molar-refractivity contribution in [2.24, 2.45) is 0 Å². The van der Waals surface area contributed by atoms with Crippen LogP contribution >= 0.6 is 11.3 Å². The molecule has 1 aliphatic rings. The topological polar surface area (TPSA) is 79.6 Å². The lowest BCUT2D eigenvalue weighted by Crippen LogP contribution is -2.49. The number of carbonyl (C=O) groups excluding carboxylic acids is 1. The zero-order valence-corrected chi connectivity index (χ0v) is 16.5. The SMILES string of the molecule is Cc1cc(N2CCN(C(=O)c3sc4ccccc4c3C)CC2)ncc1[N+](=O)[O-]. The molecule has 8 heteroatoms. The van der Waals surface area contributed by atoms with Gasteiger partial charge in [-0.3, -0.25) is 14.9 Å². The second-order valence-electron chi connectivity index (χ2n) is 6.92. The maximum Gasteiger partial charge on any atom is 0.290 e. The van der Waals surface area contributed by atoms with E-state index < -0.39 is 4.92 Å². The summed E-state index contributed by atoms with van der Waals surface area (Å²) >= 11 is 1.55. The lowest BCUT2D eigenvalue weighted by molar-refractivity contribution is -0.385. The third-order valence-electron chi connectivity index (χ3n) is 5.19. The lowest BCUT2D eigenvalue weighted by Gasteiger charge is -2.35. The van der Waals surface area contributed by atoms with Crippen molar-refractivity contribution in [1.29, 1.82) is 0 Å². The van der Waals surface area contributed by atoms with Gasteiger partial charge in [0.1, 0.15) is 12.0 Å². The third kappa shape index (κ3) is 3.20. The predicted octanol–water partition coefficient (Wildman–Crippen LogP) is 3.78. The number of nitrogens with zero attached hydrogens (tertiary/aromatic N) is 4. The lowest BCUT2D eigenvalue weighted by atomic mass is 10.1. The van der Waals surface area contributed by atoms with Crippen molar-refractivity contribution in [2.75, 3.05) is 31.1 Å². The summed E-state index contributed by atoms with van der Waals surface area (Å²) in [5.41, 5.74) is 1.66. The van der Waals surface area contributed by atoms with Crippen molar-refractivity contribution in [3.8, 4) is 0 Å². The van der Waals surface area contributed by atoms with Crippen LogP contribution in [0.4, 0.5) is 11.5 Å². The molecule has 144 valence electrons. The fourth-order valence-electron chi connectivity index (χ4n) is 3.56. The summed E-state index contributed by atoms with van der Waals surface area (Å²) in [7, 11) is 0. The molecule has 2 aromatic heterocycles. The van der Waals surface area contributed by atoms with E-state index in [1.54, 1.807) is 24.3 Å². The van der Waals surface area contributed by atoms with Gasteiger partial charge >= 0.3 is 0 Å². The maximum atomic E-state index is 13.0. The van der Waals surface area contributed by atoms with E-state index in [2.05, 4.69) is 16.0 Å². The molecular weight excluding hydrogens is 376 g/mol. The van der Waals surface area contributed by atoms with Crippen LogP contribution < -0.4 is 4.90 Å². The van der Waals surface area contributed by atoms with Gasteiger partial charge in [-0.1, -0.05) is 18.2 Å². The van der Waals surface area contributed by atoms with Crippen LogP contribution in [0.5, 0.6) is 0 Å². The smallest absolute Gasteiger partial charge is 0.290 e. The van der Waals surface area contributed by atoms with Crippen LogP contribution in [0.3, 0.4) is 0 Å². The fourth-order valence-corrected chi connectivity index (χ4v) is 4.74. The van der Waals surface area contributed by atoms with E-state index in [0.29, 0.717) is 37.6 Å². The molecule has 1 amide bonds. The molecule has 0 saturated carbocycles. The minimum absolute atomic E-state index is 0.0257. The summed E-state index contributed by atoms with van der Waals surface area (Å²) in [6, 6.07) is 9.83. The number of amides is 1. The van der Waals surface area contributed by atoms with E-state index in [1.807, 2.05) is 30.0 Å². The Hall–Kier alpha value is -3.00. The van der Waals surface area contributed by atoms with Gasteiger partial charge in [-0.05, 0) is 36.9 Å². The zero-order valence-electron chi connectivity index (χ0n) is 15.7. The number of thiophene rings is 1. The number of rotatable bonds is 3. The van der Waals surface area contributed by atoms with E-state index in [1.165, 1.54) is 6.20 Å². The van der Waals surface area contributed by atoms with Gasteiger partial charge in [-0.25, -0.2) is 4.98 Å². The van der Waals surface area contributed by atoms with Gasteiger partial charge in [-0.2, -0.15) is 0 Å². The van der Waals surface area contributed by atoms with Gasteiger partial charge in [-0.15, -0.1) is 11.3 Å². The van der Waals surface area contributed by atoms with Crippen LogP contribution in [0.25, 0.3) is 10.1 Å². The maximum absolute atomic E-state index is 13.0. The molecule has 3 aromatic rings. The molecule has 7 nitrogen and oxygen atoms in total. The molecule has 0 spiro atoms. The minimum Gasteiger partial charge on any atom is -0.353 e. The Morgan fingerprint density at radius 2 is 1.89 bits per heavy atom. The number of aryl methyl sites for hydroxylation is 2. The average Bonchev–Trinajstić information content (AvgIpc) is 3.04. The van der Waals surface area contributed by atoms with Crippen molar-refractivity contribution < 1.29 is 9.72 Å². The van der Waals surface area contributed by atoms with Gasteiger partial charge < -0.3 is 9.80 Å². The highest BCUT2D eigenvalue weighted by molar-refractivity contribution is 7.21. The third-order valence-corrected chi connectivity index (χ3v) is 6.46.